The van der Waals surface area contributed by atoms with Crippen LogP contribution in [0.15, 0.2) is 0 Å². The minimum absolute atomic E-state index is 0.0101. The molecule has 1 amide bonds. The van der Waals surface area contributed by atoms with Crippen LogP contribution in [0, 0.1) is 5.92 Å². The lowest BCUT2D eigenvalue weighted by atomic mass is 10.0. The van der Waals surface area contributed by atoms with E-state index in [1.807, 2.05) is 14.1 Å². The smallest absolute Gasteiger partial charge is 0.237 e. The number of likely N-dealkylation sites (N-methyl/N-ethyl adjacent to an activating group) is 1. The Bertz CT molecular complexity index is 245. The number of carbonyl (C=O) groups is 1. The Morgan fingerprint density at radius 2 is 2.06 bits per heavy atom. The molecule has 1 rings (SSSR count). The summed E-state index contributed by atoms with van der Waals surface area (Å²) >= 11 is 0. The van der Waals surface area contributed by atoms with Crippen LogP contribution in [0.3, 0.4) is 0 Å². The van der Waals surface area contributed by atoms with Gasteiger partial charge < -0.3 is 15.5 Å². The van der Waals surface area contributed by atoms with Crippen molar-refractivity contribution >= 4 is 5.91 Å². The number of amides is 1. The minimum atomic E-state index is 0.0101. The van der Waals surface area contributed by atoms with Crippen molar-refractivity contribution < 1.29 is 4.79 Å². The Hall–Kier alpha value is -0.610. The van der Waals surface area contributed by atoms with Crippen LogP contribution in [0.4, 0.5) is 0 Å². The largest absolute Gasteiger partial charge is 0.350 e. The van der Waals surface area contributed by atoms with E-state index in [1.54, 1.807) is 0 Å². The van der Waals surface area contributed by atoms with E-state index >= 15 is 0 Å². The van der Waals surface area contributed by atoms with Crippen LogP contribution in [0.5, 0.6) is 0 Å². The monoisotopic (exact) mass is 255 g/mol. The quantitative estimate of drug-likeness (QED) is 0.776. The van der Waals surface area contributed by atoms with Crippen molar-refractivity contribution in [3.8, 4) is 0 Å². The van der Waals surface area contributed by atoms with Crippen molar-refractivity contribution in [3.63, 3.8) is 0 Å². The Morgan fingerprint density at radius 3 is 2.67 bits per heavy atom. The van der Waals surface area contributed by atoms with Crippen LogP contribution in [0.25, 0.3) is 0 Å². The van der Waals surface area contributed by atoms with Crippen LogP contribution < -0.4 is 10.6 Å². The Kier molecular flexibility index (Phi) is 6.65. The lowest BCUT2D eigenvalue weighted by Gasteiger charge is -2.27. The highest BCUT2D eigenvalue weighted by atomic mass is 16.2. The third-order valence-electron chi connectivity index (χ3n) is 3.57. The van der Waals surface area contributed by atoms with Crippen LogP contribution >= 0.6 is 0 Å². The van der Waals surface area contributed by atoms with Gasteiger partial charge >= 0.3 is 0 Å². The topological polar surface area (TPSA) is 44.4 Å². The molecule has 0 aromatic heterocycles. The van der Waals surface area contributed by atoms with E-state index in [-0.39, 0.29) is 18.0 Å². The van der Waals surface area contributed by atoms with Gasteiger partial charge in [0.05, 0.1) is 6.04 Å². The standard InChI is InChI=1S/C14H29N3O/c1-11(2)13(10-17(3)4)16-14(18)12-8-6-5-7-9-15-12/h11-13,15H,5-10H2,1-4H3,(H,16,18). The van der Waals surface area contributed by atoms with E-state index in [4.69, 9.17) is 0 Å². The summed E-state index contributed by atoms with van der Waals surface area (Å²) in [5, 5.41) is 6.56. The molecule has 1 heterocycles. The van der Waals surface area contributed by atoms with Gasteiger partial charge in [-0.2, -0.15) is 0 Å². The highest BCUT2D eigenvalue weighted by Gasteiger charge is 2.23. The molecule has 4 heteroatoms. The van der Waals surface area contributed by atoms with Crippen molar-refractivity contribution in [1.82, 2.24) is 15.5 Å². The number of hydrogen-bond donors (Lipinski definition) is 2. The Morgan fingerprint density at radius 1 is 1.33 bits per heavy atom. The maximum absolute atomic E-state index is 12.3. The highest BCUT2D eigenvalue weighted by molar-refractivity contribution is 5.82. The second-order valence-corrected chi connectivity index (χ2v) is 5.98. The summed E-state index contributed by atoms with van der Waals surface area (Å²) in [6.45, 7) is 6.19. The summed E-state index contributed by atoms with van der Waals surface area (Å²) in [6.07, 6.45) is 4.56. The van der Waals surface area contributed by atoms with Crippen LogP contribution in [0.1, 0.15) is 39.5 Å². The average Bonchev–Trinajstić information content (AvgIpc) is 2.55. The highest BCUT2D eigenvalue weighted by Crippen LogP contribution is 2.10. The first-order valence-corrected chi connectivity index (χ1v) is 7.19. The molecule has 106 valence electrons. The first kappa shape index (κ1) is 15.4. The second kappa shape index (κ2) is 7.74. The average molecular weight is 255 g/mol. The molecule has 2 unspecified atom stereocenters. The molecule has 1 saturated heterocycles. The molecule has 0 spiro atoms. The summed E-state index contributed by atoms with van der Waals surface area (Å²) in [4.78, 5) is 14.4. The van der Waals surface area contributed by atoms with Crippen LogP contribution in [-0.4, -0.2) is 50.1 Å². The molecule has 0 bridgehead atoms. The van der Waals surface area contributed by atoms with E-state index in [0.29, 0.717) is 5.92 Å². The van der Waals surface area contributed by atoms with Gasteiger partial charge in [0.2, 0.25) is 5.91 Å². The van der Waals surface area contributed by atoms with E-state index in [0.717, 1.165) is 25.9 Å². The van der Waals surface area contributed by atoms with Gasteiger partial charge in [-0.25, -0.2) is 0 Å². The van der Waals surface area contributed by atoms with Gasteiger partial charge in [-0.15, -0.1) is 0 Å². The van der Waals surface area contributed by atoms with Gasteiger partial charge in [0.25, 0.3) is 0 Å². The molecule has 0 aromatic carbocycles. The van der Waals surface area contributed by atoms with Crippen molar-refractivity contribution in [2.45, 2.75) is 51.6 Å². The summed E-state index contributed by atoms with van der Waals surface area (Å²) in [5.41, 5.74) is 0. The molecule has 0 saturated carbocycles. The number of nitrogens with zero attached hydrogens (tertiary/aromatic N) is 1. The van der Waals surface area contributed by atoms with E-state index in [9.17, 15) is 4.79 Å². The van der Waals surface area contributed by atoms with Crippen molar-refractivity contribution in [2.75, 3.05) is 27.2 Å². The molecular weight excluding hydrogens is 226 g/mol. The van der Waals surface area contributed by atoms with E-state index in [2.05, 4.69) is 29.4 Å². The molecular formula is C14H29N3O. The fourth-order valence-electron chi connectivity index (χ4n) is 2.35. The molecule has 4 nitrogen and oxygen atoms in total. The molecule has 2 atom stereocenters. The number of carbonyl (C=O) groups excluding carboxylic acids is 1. The molecule has 2 N–H and O–H groups in total. The van der Waals surface area contributed by atoms with Gasteiger partial charge in [-0.05, 0) is 39.4 Å². The second-order valence-electron chi connectivity index (χ2n) is 5.98. The van der Waals surface area contributed by atoms with E-state index in [1.165, 1.54) is 12.8 Å². The third kappa shape index (κ3) is 5.36. The van der Waals surface area contributed by atoms with Crippen LogP contribution in [-0.2, 0) is 4.79 Å². The number of hydrogen-bond acceptors (Lipinski definition) is 3. The molecule has 18 heavy (non-hydrogen) atoms. The fourth-order valence-corrected chi connectivity index (χ4v) is 2.35. The first-order chi connectivity index (χ1) is 8.50. The first-order valence-electron chi connectivity index (χ1n) is 7.19. The summed E-state index contributed by atoms with van der Waals surface area (Å²) in [5.74, 6) is 0.638. The minimum Gasteiger partial charge on any atom is -0.350 e. The Labute approximate surface area is 111 Å². The molecule has 1 aliphatic heterocycles. The third-order valence-corrected chi connectivity index (χ3v) is 3.57. The summed E-state index contributed by atoms with van der Waals surface area (Å²) in [7, 11) is 4.09. The normalized spacial score (nSPS) is 22.9. The van der Waals surface area contributed by atoms with Gasteiger partial charge in [-0.1, -0.05) is 26.7 Å². The zero-order chi connectivity index (χ0) is 13.5. The molecule has 1 aliphatic rings. The van der Waals surface area contributed by atoms with Gasteiger partial charge in [-0.3, -0.25) is 4.79 Å². The van der Waals surface area contributed by atoms with Crippen molar-refractivity contribution in [3.05, 3.63) is 0 Å². The van der Waals surface area contributed by atoms with E-state index < -0.39 is 0 Å². The summed E-state index contributed by atoms with van der Waals surface area (Å²) < 4.78 is 0. The number of rotatable bonds is 5. The predicted octanol–water partition coefficient (Wildman–Crippen LogP) is 1.22. The summed E-state index contributed by atoms with van der Waals surface area (Å²) in [6, 6.07) is 0.244. The molecule has 0 radical (unpaired) electrons. The maximum atomic E-state index is 12.3. The zero-order valence-corrected chi connectivity index (χ0v) is 12.3. The SMILES string of the molecule is CC(C)C(CN(C)C)NC(=O)C1CCCCCN1. The van der Waals surface area contributed by atoms with Crippen molar-refractivity contribution in [2.24, 2.45) is 5.92 Å². The Balaban J connectivity index is 2.48. The lowest BCUT2D eigenvalue weighted by Crippen LogP contribution is -2.51. The maximum Gasteiger partial charge on any atom is 0.237 e. The van der Waals surface area contributed by atoms with Gasteiger partial charge in [0, 0.05) is 12.6 Å². The van der Waals surface area contributed by atoms with Gasteiger partial charge in [0.15, 0.2) is 0 Å². The molecule has 1 fully saturated rings. The molecule has 0 aromatic rings. The van der Waals surface area contributed by atoms with Crippen LogP contribution in [0.2, 0.25) is 0 Å². The fraction of sp³-hybridized carbons (Fsp3) is 0.929. The number of nitrogens with one attached hydrogen (secondary N) is 2. The zero-order valence-electron chi connectivity index (χ0n) is 12.3. The van der Waals surface area contributed by atoms with Gasteiger partial charge in [0.1, 0.15) is 0 Å². The predicted molar refractivity (Wildman–Crippen MR) is 75.6 cm³/mol. The van der Waals surface area contributed by atoms with Crippen molar-refractivity contribution in [1.29, 1.82) is 0 Å². The molecule has 0 aliphatic carbocycles. The lowest BCUT2D eigenvalue weighted by molar-refractivity contribution is -0.124.